The Kier molecular flexibility index (Phi) is 5.41. The molecule has 102 valence electrons. The highest BCUT2D eigenvalue weighted by atomic mass is 35.5. The van der Waals surface area contributed by atoms with E-state index >= 15 is 0 Å². The third-order valence-corrected chi connectivity index (χ3v) is 3.39. The number of amides is 2. The Balaban J connectivity index is 0.00000180. The SMILES string of the molecule is [Cl-].[NH3+]CCN1C(=O)SC(=Cc2ccccc2O)C1=O. The van der Waals surface area contributed by atoms with E-state index in [9.17, 15) is 14.7 Å². The summed E-state index contributed by atoms with van der Waals surface area (Å²) in [5.41, 5.74) is 4.15. The largest absolute Gasteiger partial charge is 1.00 e. The summed E-state index contributed by atoms with van der Waals surface area (Å²) >= 11 is 0.885. The monoisotopic (exact) mass is 300 g/mol. The lowest BCUT2D eigenvalue weighted by Gasteiger charge is -2.08. The van der Waals surface area contributed by atoms with Crippen LogP contribution in [0, 0.1) is 0 Å². The Morgan fingerprint density at radius 3 is 2.63 bits per heavy atom. The second kappa shape index (κ2) is 6.60. The highest BCUT2D eigenvalue weighted by Crippen LogP contribution is 2.33. The fourth-order valence-corrected chi connectivity index (χ4v) is 2.46. The standard InChI is InChI=1S/C12H12N2O3S.ClH/c13-5-6-14-11(16)10(18-12(14)17)7-8-3-1-2-4-9(8)15;/h1-4,7,15H,5-6,13H2;1H. The van der Waals surface area contributed by atoms with Gasteiger partial charge in [-0.1, -0.05) is 18.2 Å². The molecule has 2 amide bonds. The van der Waals surface area contributed by atoms with Crippen molar-refractivity contribution in [2.45, 2.75) is 0 Å². The molecule has 0 aromatic heterocycles. The van der Waals surface area contributed by atoms with E-state index in [2.05, 4.69) is 5.73 Å². The minimum Gasteiger partial charge on any atom is -1.00 e. The Morgan fingerprint density at radius 1 is 1.32 bits per heavy atom. The molecule has 1 fully saturated rings. The summed E-state index contributed by atoms with van der Waals surface area (Å²) in [6.07, 6.45) is 1.53. The van der Waals surface area contributed by atoms with Gasteiger partial charge in [0.15, 0.2) is 0 Å². The molecule has 1 aliphatic rings. The van der Waals surface area contributed by atoms with Crippen LogP contribution in [0.2, 0.25) is 0 Å². The molecular weight excluding hydrogens is 288 g/mol. The summed E-state index contributed by atoms with van der Waals surface area (Å²) in [6, 6.07) is 6.67. The van der Waals surface area contributed by atoms with Crippen LogP contribution in [-0.4, -0.2) is 34.2 Å². The fourth-order valence-electron chi connectivity index (χ4n) is 1.60. The number of hydrogen-bond acceptors (Lipinski definition) is 4. The van der Waals surface area contributed by atoms with Crippen molar-refractivity contribution in [2.75, 3.05) is 13.1 Å². The number of thioether (sulfide) groups is 1. The van der Waals surface area contributed by atoms with E-state index in [1.807, 2.05) is 0 Å². The number of phenolic OH excluding ortho intramolecular Hbond substituents is 1. The van der Waals surface area contributed by atoms with Crippen molar-refractivity contribution >= 4 is 29.0 Å². The summed E-state index contributed by atoms with van der Waals surface area (Å²) in [4.78, 5) is 25.0. The van der Waals surface area contributed by atoms with Crippen LogP contribution in [-0.2, 0) is 4.79 Å². The van der Waals surface area contributed by atoms with Gasteiger partial charge in [-0.25, -0.2) is 0 Å². The maximum atomic E-state index is 11.9. The quantitative estimate of drug-likeness (QED) is 0.614. The van der Waals surface area contributed by atoms with Crippen LogP contribution in [0.4, 0.5) is 4.79 Å². The highest BCUT2D eigenvalue weighted by molar-refractivity contribution is 8.18. The second-order valence-corrected chi connectivity index (χ2v) is 4.74. The lowest BCUT2D eigenvalue weighted by atomic mass is 10.2. The number of imide groups is 1. The zero-order valence-corrected chi connectivity index (χ0v) is 11.6. The van der Waals surface area contributed by atoms with Crippen molar-refractivity contribution in [1.82, 2.24) is 4.90 Å². The number of carbonyl (C=O) groups is 2. The topological polar surface area (TPSA) is 85.2 Å². The van der Waals surface area contributed by atoms with Crippen molar-refractivity contribution in [3.63, 3.8) is 0 Å². The van der Waals surface area contributed by atoms with Crippen LogP contribution >= 0.6 is 11.8 Å². The molecule has 0 saturated carbocycles. The molecular formula is C12H13ClN2O3S. The molecule has 1 aromatic rings. The summed E-state index contributed by atoms with van der Waals surface area (Å²) < 4.78 is 0. The molecule has 2 rings (SSSR count). The van der Waals surface area contributed by atoms with Gasteiger partial charge in [-0.2, -0.15) is 0 Å². The number of quaternary nitrogens is 1. The number of phenols is 1. The average Bonchev–Trinajstić information content (AvgIpc) is 2.60. The fraction of sp³-hybridized carbons (Fsp3) is 0.167. The molecule has 1 aliphatic heterocycles. The molecule has 0 aliphatic carbocycles. The number of nitrogens with zero attached hydrogens (tertiary/aromatic N) is 1. The second-order valence-electron chi connectivity index (χ2n) is 3.75. The van der Waals surface area contributed by atoms with Gasteiger partial charge in [0.2, 0.25) is 0 Å². The first-order valence-corrected chi connectivity index (χ1v) is 6.27. The molecule has 5 nitrogen and oxygen atoms in total. The summed E-state index contributed by atoms with van der Waals surface area (Å²) in [5.74, 6) is -0.238. The molecule has 7 heteroatoms. The minimum absolute atomic E-state index is 0. The lowest BCUT2D eigenvalue weighted by Crippen LogP contribution is -3.00. The van der Waals surface area contributed by atoms with E-state index in [0.29, 0.717) is 23.6 Å². The highest BCUT2D eigenvalue weighted by Gasteiger charge is 2.34. The van der Waals surface area contributed by atoms with Gasteiger partial charge < -0.3 is 23.2 Å². The number of para-hydroxylation sites is 1. The number of carbonyl (C=O) groups excluding carboxylic acids is 2. The molecule has 19 heavy (non-hydrogen) atoms. The van der Waals surface area contributed by atoms with Gasteiger partial charge in [0.25, 0.3) is 11.1 Å². The van der Waals surface area contributed by atoms with Crippen LogP contribution in [0.25, 0.3) is 6.08 Å². The molecule has 0 unspecified atom stereocenters. The van der Waals surface area contributed by atoms with Gasteiger partial charge in [-0.05, 0) is 23.9 Å². The van der Waals surface area contributed by atoms with Gasteiger partial charge in [0.05, 0.1) is 18.0 Å². The molecule has 0 radical (unpaired) electrons. The molecule has 1 heterocycles. The van der Waals surface area contributed by atoms with Crippen molar-refractivity contribution in [3.8, 4) is 5.75 Å². The zero-order valence-electron chi connectivity index (χ0n) is 10.0. The van der Waals surface area contributed by atoms with Crippen molar-refractivity contribution in [3.05, 3.63) is 34.7 Å². The van der Waals surface area contributed by atoms with Gasteiger partial charge in [0, 0.05) is 5.56 Å². The third-order valence-electron chi connectivity index (χ3n) is 2.48. The minimum atomic E-state index is -0.322. The number of aromatic hydroxyl groups is 1. The first-order chi connectivity index (χ1) is 8.63. The van der Waals surface area contributed by atoms with Crippen LogP contribution < -0.4 is 18.1 Å². The van der Waals surface area contributed by atoms with E-state index in [4.69, 9.17) is 0 Å². The smallest absolute Gasteiger partial charge is 0.293 e. The van der Waals surface area contributed by atoms with Crippen molar-refractivity contribution in [1.29, 1.82) is 0 Å². The lowest BCUT2D eigenvalue weighted by molar-refractivity contribution is -0.367. The Hall–Kier alpha value is -1.50. The van der Waals surface area contributed by atoms with E-state index in [0.717, 1.165) is 11.8 Å². The number of hydrogen-bond donors (Lipinski definition) is 2. The zero-order chi connectivity index (χ0) is 13.1. The van der Waals surface area contributed by atoms with Gasteiger partial charge >= 0.3 is 0 Å². The Morgan fingerprint density at radius 2 is 2.00 bits per heavy atom. The predicted octanol–water partition coefficient (Wildman–Crippen LogP) is -2.33. The van der Waals surface area contributed by atoms with E-state index in [1.54, 1.807) is 18.2 Å². The normalized spacial score (nSPS) is 16.9. The molecule has 0 bridgehead atoms. The van der Waals surface area contributed by atoms with Crippen molar-refractivity contribution < 1.29 is 32.8 Å². The summed E-state index contributed by atoms with van der Waals surface area (Å²) in [7, 11) is 0. The van der Waals surface area contributed by atoms with Crippen LogP contribution in [0.3, 0.4) is 0 Å². The van der Waals surface area contributed by atoms with Gasteiger partial charge in [-0.15, -0.1) is 0 Å². The number of halogens is 1. The van der Waals surface area contributed by atoms with Crippen LogP contribution in [0.1, 0.15) is 5.56 Å². The van der Waals surface area contributed by atoms with Gasteiger partial charge in [-0.3, -0.25) is 14.5 Å². The van der Waals surface area contributed by atoms with E-state index in [-0.39, 0.29) is 29.3 Å². The Bertz CT molecular complexity index is 533. The molecule has 1 saturated heterocycles. The van der Waals surface area contributed by atoms with E-state index < -0.39 is 0 Å². The van der Waals surface area contributed by atoms with Crippen LogP contribution in [0.5, 0.6) is 5.75 Å². The first kappa shape index (κ1) is 15.6. The summed E-state index contributed by atoms with van der Waals surface area (Å²) in [5, 5.41) is 9.33. The molecule has 0 spiro atoms. The average molecular weight is 301 g/mol. The molecule has 4 N–H and O–H groups in total. The maximum Gasteiger partial charge on any atom is 0.293 e. The van der Waals surface area contributed by atoms with E-state index in [1.165, 1.54) is 17.0 Å². The van der Waals surface area contributed by atoms with Crippen molar-refractivity contribution in [2.24, 2.45) is 0 Å². The first-order valence-electron chi connectivity index (χ1n) is 5.46. The Labute approximate surface area is 120 Å². The summed E-state index contributed by atoms with van der Waals surface area (Å²) in [6.45, 7) is 0.810. The maximum absolute atomic E-state index is 11.9. The number of benzene rings is 1. The van der Waals surface area contributed by atoms with Gasteiger partial charge in [0.1, 0.15) is 5.75 Å². The van der Waals surface area contributed by atoms with Crippen LogP contribution in [0.15, 0.2) is 29.2 Å². The number of rotatable bonds is 3. The molecule has 1 aromatic carbocycles. The third kappa shape index (κ3) is 3.28. The predicted molar refractivity (Wildman–Crippen MR) is 68.5 cm³/mol. The molecule has 0 atom stereocenters.